The maximum absolute atomic E-state index is 5.43. The average Bonchev–Trinajstić information content (AvgIpc) is 3.10. The molecule has 4 N–H and O–H groups in total. The predicted molar refractivity (Wildman–Crippen MR) is 67.6 cm³/mol. The van der Waals surface area contributed by atoms with E-state index in [0.717, 1.165) is 24.1 Å². The number of hydrazine groups is 1. The molecule has 0 aliphatic heterocycles. The minimum absolute atomic E-state index is 0.549. The molecule has 0 saturated heterocycles. The van der Waals surface area contributed by atoms with Gasteiger partial charge in [0.2, 0.25) is 0 Å². The van der Waals surface area contributed by atoms with Gasteiger partial charge in [0.1, 0.15) is 17.5 Å². The molecule has 1 heterocycles. The maximum atomic E-state index is 5.43. The van der Waals surface area contributed by atoms with Gasteiger partial charge in [0.05, 0.1) is 0 Å². The topological polar surface area (TPSA) is 75.9 Å². The lowest BCUT2D eigenvalue weighted by Crippen LogP contribution is -2.22. The number of rotatable bonds is 5. The van der Waals surface area contributed by atoms with Gasteiger partial charge < -0.3 is 10.7 Å². The number of hydrogen-bond acceptors (Lipinski definition) is 5. The fourth-order valence-corrected chi connectivity index (χ4v) is 2.10. The largest absolute Gasteiger partial charge is 0.370 e. The molecule has 3 rings (SSSR count). The number of anilines is 2. The van der Waals surface area contributed by atoms with Crippen LogP contribution in [0.5, 0.6) is 0 Å². The SMILES string of the molecule is NNc1cc(NCC2CCC2)nc(C2CC2)n1. The fraction of sp³-hybridized carbons (Fsp3) is 0.667. The van der Waals surface area contributed by atoms with Crippen LogP contribution in [0.15, 0.2) is 6.07 Å². The van der Waals surface area contributed by atoms with Crippen molar-refractivity contribution in [3.63, 3.8) is 0 Å². The number of nitrogens with zero attached hydrogens (tertiary/aromatic N) is 2. The summed E-state index contributed by atoms with van der Waals surface area (Å²) in [5.41, 5.74) is 2.61. The quantitative estimate of drug-likeness (QED) is 0.534. The van der Waals surface area contributed by atoms with E-state index in [1.807, 2.05) is 6.07 Å². The third-order valence-electron chi connectivity index (χ3n) is 3.63. The second-order valence-electron chi connectivity index (χ2n) is 5.09. The summed E-state index contributed by atoms with van der Waals surface area (Å²) in [6, 6.07) is 1.88. The molecule has 5 heteroatoms. The summed E-state index contributed by atoms with van der Waals surface area (Å²) in [7, 11) is 0. The summed E-state index contributed by atoms with van der Waals surface area (Å²) in [6.45, 7) is 1.02. The van der Waals surface area contributed by atoms with Crippen LogP contribution in [0, 0.1) is 5.92 Å². The van der Waals surface area contributed by atoms with Crippen molar-refractivity contribution in [1.82, 2.24) is 9.97 Å². The summed E-state index contributed by atoms with van der Waals surface area (Å²) in [5, 5.41) is 3.40. The van der Waals surface area contributed by atoms with Gasteiger partial charge in [0, 0.05) is 18.5 Å². The highest BCUT2D eigenvalue weighted by Gasteiger charge is 2.27. The molecule has 2 fully saturated rings. The van der Waals surface area contributed by atoms with Gasteiger partial charge >= 0.3 is 0 Å². The molecule has 0 radical (unpaired) electrons. The van der Waals surface area contributed by atoms with Crippen LogP contribution >= 0.6 is 0 Å². The monoisotopic (exact) mass is 233 g/mol. The van der Waals surface area contributed by atoms with Crippen LogP contribution in [0.4, 0.5) is 11.6 Å². The average molecular weight is 233 g/mol. The smallest absolute Gasteiger partial charge is 0.145 e. The van der Waals surface area contributed by atoms with Crippen LogP contribution in [0.1, 0.15) is 43.8 Å². The van der Waals surface area contributed by atoms with E-state index < -0.39 is 0 Å². The van der Waals surface area contributed by atoms with Crippen LogP contribution in [0.3, 0.4) is 0 Å². The molecule has 2 saturated carbocycles. The fourth-order valence-electron chi connectivity index (χ4n) is 2.10. The van der Waals surface area contributed by atoms with E-state index in [9.17, 15) is 0 Å². The molecular formula is C12H19N5. The molecule has 0 bridgehead atoms. The Bertz CT molecular complexity index is 398. The summed E-state index contributed by atoms with van der Waals surface area (Å²) in [4.78, 5) is 8.94. The molecule has 17 heavy (non-hydrogen) atoms. The molecular weight excluding hydrogens is 214 g/mol. The van der Waals surface area contributed by atoms with E-state index in [1.165, 1.54) is 32.1 Å². The van der Waals surface area contributed by atoms with Gasteiger partial charge in [-0.2, -0.15) is 0 Å². The Kier molecular flexibility index (Phi) is 2.84. The van der Waals surface area contributed by atoms with Crippen LogP contribution in [0.2, 0.25) is 0 Å². The van der Waals surface area contributed by atoms with E-state index in [2.05, 4.69) is 20.7 Å². The van der Waals surface area contributed by atoms with E-state index in [-0.39, 0.29) is 0 Å². The lowest BCUT2D eigenvalue weighted by Gasteiger charge is -2.25. The standard InChI is InChI=1S/C12H19N5/c13-17-11-6-10(14-7-8-2-1-3-8)15-12(16-11)9-4-5-9/h6,8-9H,1-5,7,13H2,(H2,14,15,16,17). The van der Waals surface area contributed by atoms with Gasteiger partial charge in [-0.3, -0.25) is 0 Å². The first kappa shape index (κ1) is 10.8. The second kappa shape index (κ2) is 4.49. The minimum Gasteiger partial charge on any atom is -0.370 e. The van der Waals surface area contributed by atoms with Gasteiger partial charge in [0.15, 0.2) is 0 Å². The number of hydrogen-bond donors (Lipinski definition) is 3. The van der Waals surface area contributed by atoms with E-state index in [4.69, 9.17) is 5.84 Å². The Labute approximate surface area is 101 Å². The zero-order valence-corrected chi connectivity index (χ0v) is 9.95. The lowest BCUT2D eigenvalue weighted by atomic mass is 9.85. The Balaban J connectivity index is 1.69. The number of nitrogens with two attached hydrogens (primary N) is 1. The van der Waals surface area contributed by atoms with Gasteiger partial charge in [-0.15, -0.1) is 0 Å². The maximum Gasteiger partial charge on any atom is 0.145 e. The third kappa shape index (κ3) is 2.49. The van der Waals surface area contributed by atoms with Crippen molar-refractivity contribution < 1.29 is 0 Å². The first-order valence-electron chi connectivity index (χ1n) is 6.44. The highest BCUT2D eigenvalue weighted by Crippen LogP contribution is 2.38. The molecule has 0 aromatic carbocycles. The minimum atomic E-state index is 0.549. The Morgan fingerprint density at radius 3 is 2.53 bits per heavy atom. The molecule has 0 spiro atoms. The molecule has 0 amide bonds. The van der Waals surface area contributed by atoms with Crippen molar-refractivity contribution in [2.45, 2.75) is 38.0 Å². The number of nitrogens with one attached hydrogen (secondary N) is 2. The lowest BCUT2D eigenvalue weighted by molar-refractivity contribution is 0.333. The zero-order valence-electron chi connectivity index (χ0n) is 9.95. The summed E-state index contributed by atoms with van der Waals surface area (Å²) >= 11 is 0. The van der Waals surface area contributed by atoms with Gasteiger partial charge in [0.25, 0.3) is 0 Å². The Hall–Kier alpha value is -1.36. The van der Waals surface area contributed by atoms with Crippen molar-refractivity contribution in [1.29, 1.82) is 0 Å². The molecule has 2 aliphatic carbocycles. The molecule has 92 valence electrons. The Morgan fingerprint density at radius 2 is 1.94 bits per heavy atom. The van der Waals surface area contributed by atoms with Crippen molar-refractivity contribution in [3.05, 3.63) is 11.9 Å². The zero-order chi connectivity index (χ0) is 11.7. The second-order valence-corrected chi connectivity index (χ2v) is 5.09. The molecule has 1 aromatic heterocycles. The van der Waals surface area contributed by atoms with Gasteiger partial charge in [-0.25, -0.2) is 15.8 Å². The van der Waals surface area contributed by atoms with E-state index >= 15 is 0 Å². The molecule has 0 unspecified atom stereocenters. The molecule has 2 aliphatic rings. The Morgan fingerprint density at radius 1 is 1.18 bits per heavy atom. The first-order chi connectivity index (χ1) is 8.35. The number of nitrogen functional groups attached to an aromatic ring is 1. The highest BCUT2D eigenvalue weighted by molar-refractivity contribution is 5.47. The summed E-state index contributed by atoms with van der Waals surface area (Å²) in [6.07, 6.45) is 6.47. The van der Waals surface area contributed by atoms with Crippen molar-refractivity contribution in [2.24, 2.45) is 11.8 Å². The molecule has 1 aromatic rings. The highest BCUT2D eigenvalue weighted by atomic mass is 15.3. The first-order valence-corrected chi connectivity index (χ1v) is 6.44. The van der Waals surface area contributed by atoms with Crippen LogP contribution in [-0.2, 0) is 0 Å². The third-order valence-corrected chi connectivity index (χ3v) is 3.63. The molecule has 0 atom stereocenters. The van der Waals surface area contributed by atoms with Gasteiger partial charge in [-0.1, -0.05) is 6.42 Å². The van der Waals surface area contributed by atoms with E-state index in [1.54, 1.807) is 0 Å². The number of aromatic nitrogens is 2. The van der Waals surface area contributed by atoms with Crippen LogP contribution in [-0.4, -0.2) is 16.5 Å². The predicted octanol–water partition coefficient (Wildman–Crippen LogP) is 1.85. The van der Waals surface area contributed by atoms with Crippen LogP contribution < -0.4 is 16.6 Å². The van der Waals surface area contributed by atoms with Crippen molar-refractivity contribution in [2.75, 3.05) is 17.3 Å². The van der Waals surface area contributed by atoms with Crippen LogP contribution in [0.25, 0.3) is 0 Å². The molecule has 5 nitrogen and oxygen atoms in total. The van der Waals surface area contributed by atoms with Crippen molar-refractivity contribution >= 4 is 11.6 Å². The van der Waals surface area contributed by atoms with Gasteiger partial charge in [-0.05, 0) is 31.6 Å². The van der Waals surface area contributed by atoms with Crippen molar-refractivity contribution in [3.8, 4) is 0 Å². The summed E-state index contributed by atoms with van der Waals surface area (Å²) in [5.74, 6) is 9.34. The van der Waals surface area contributed by atoms with E-state index in [0.29, 0.717) is 11.7 Å². The summed E-state index contributed by atoms with van der Waals surface area (Å²) < 4.78 is 0. The normalized spacial score (nSPS) is 19.8.